The van der Waals surface area contributed by atoms with Crippen molar-refractivity contribution in [1.29, 1.82) is 0 Å². The van der Waals surface area contributed by atoms with Crippen LogP contribution in [0.25, 0.3) is 10.8 Å². The van der Waals surface area contributed by atoms with E-state index >= 15 is 0 Å². The van der Waals surface area contributed by atoms with E-state index in [1.54, 1.807) is 11.0 Å². The smallest absolute Gasteiger partial charge is 0.307 e. The molecule has 1 atom stereocenters. The minimum atomic E-state index is -1.06. The van der Waals surface area contributed by atoms with E-state index in [-0.39, 0.29) is 12.3 Å². The molecule has 5 heteroatoms. The maximum Gasteiger partial charge on any atom is 0.307 e. The second kappa shape index (κ2) is 6.76. The first-order chi connectivity index (χ1) is 13.0. The predicted octanol–water partition coefficient (Wildman–Crippen LogP) is 3.92. The summed E-state index contributed by atoms with van der Waals surface area (Å²) in [5.41, 5.74) is 2.84. The molecule has 136 valence electrons. The molecular formula is C22H19NO4. The van der Waals surface area contributed by atoms with Gasteiger partial charge in [-0.3, -0.25) is 9.59 Å². The lowest BCUT2D eigenvalue weighted by Gasteiger charge is -2.34. The highest BCUT2D eigenvalue weighted by Crippen LogP contribution is 2.36. The van der Waals surface area contributed by atoms with Gasteiger partial charge in [-0.2, -0.15) is 0 Å². The van der Waals surface area contributed by atoms with Gasteiger partial charge in [-0.1, -0.05) is 48.5 Å². The number of anilines is 1. The molecule has 27 heavy (non-hydrogen) atoms. The molecule has 4 rings (SSSR count). The van der Waals surface area contributed by atoms with E-state index in [9.17, 15) is 9.59 Å². The number of aryl methyl sites for hydroxylation is 1. The van der Waals surface area contributed by atoms with Crippen LogP contribution in [0.3, 0.4) is 0 Å². The number of carboxylic acid groups (broad SMARTS) is 1. The van der Waals surface area contributed by atoms with Gasteiger partial charge in [-0.15, -0.1) is 0 Å². The number of nitrogens with zero attached hydrogens (tertiary/aromatic N) is 1. The number of carbonyl (C=O) groups is 2. The predicted molar refractivity (Wildman–Crippen MR) is 103 cm³/mol. The molecule has 0 aliphatic carbocycles. The van der Waals surface area contributed by atoms with Crippen LogP contribution in [0.1, 0.15) is 17.5 Å². The Kier molecular flexibility index (Phi) is 4.28. The summed E-state index contributed by atoms with van der Waals surface area (Å²) in [5.74, 6) is -0.867. The van der Waals surface area contributed by atoms with Crippen LogP contribution in [-0.4, -0.2) is 23.1 Å². The number of hydrogen-bond acceptors (Lipinski definition) is 3. The van der Waals surface area contributed by atoms with Crippen LogP contribution in [0.5, 0.6) is 5.75 Å². The maximum absolute atomic E-state index is 13.0. The van der Waals surface area contributed by atoms with Crippen LogP contribution < -0.4 is 9.64 Å². The molecular weight excluding hydrogens is 342 g/mol. The van der Waals surface area contributed by atoms with E-state index in [4.69, 9.17) is 9.84 Å². The highest BCUT2D eigenvalue weighted by molar-refractivity contribution is 6.02. The van der Waals surface area contributed by atoms with Gasteiger partial charge in [0, 0.05) is 0 Å². The number of benzene rings is 3. The third kappa shape index (κ3) is 3.12. The summed E-state index contributed by atoms with van der Waals surface area (Å²) in [6.45, 7) is 2.42. The Morgan fingerprint density at radius 1 is 1.04 bits per heavy atom. The van der Waals surface area contributed by atoms with Gasteiger partial charge in [0.2, 0.25) is 0 Å². The highest BCUT2D eigenvalue weighted by atomic mass is 16.5. The zero-order valence-electron chi connectivity index (χ0n) is 14.9. The van der Waals surface area contributed by atoms with Crippen LogP contribution >= 0.6 is 0 Å². The van der Waals surface area contributed by atoms with Gasteiger partial charge in [0.15, 0.2) is 6.10 Å². The van der Waals surface area contributed by atoms with Gasteiger partial charge in [0.05, 0.1) is 18.7 Å². The van der Waals surface area contributed by atoms with Crippen molar-refractivity contribution in [2.45, 2.75) is 26.0 Å². The fourth-order valence-corrected chi connectivity index (χ4v) is 3.55. The molecule has 1 amide bonds. The van der Waals surface area contributed by atoms with E-state index in [1.807, 2.05) is 48.5 Å². The number of para-hydroxylation sites is 2. The Labute approximate surface area is 156 Å². The van der Waals surface area contributed by atoms with Crippen LogP contribution in [0.15, 0.2) is 60.7 Å². The first-order valence-corrected chi connectivity index (χ1v) is 8.80. The van der Waals surface area contributed by atoms with Gasteiger partial charge in [-0.05, 0) is 41.0 Å². The number of ether oxygens (including phenoxy) is 1. The molecule has 5 nitrogen and oxygen atoms in total. The summed E-state index contributed by atoms with van der Waals surface area (Å²) >= 11 is 0. The standard InChI is InChI=1S/C22H19NO4/c1-14-10-11-15(17-7-3-2-6-16(14)17)13-23-18-8-4-5-9-19(18)27-20(22(23)26)12-21(24)25/h2-11,20H,12-13H2,1H3,(H,24,25)/t20-/m0/s1. The van der Waals surface area contributed by atoms with Crippen LogP contribution in [-0.2, 0) is 16.1 Å². The van der Waals surface area contributed by atoms with Crippen molar-refractivity contribution >= 4 is 28.3 Å². The molecule has 1 aliphatic rings. The average Bonchev–Trinajstić information content (AvgIpc) is 2.66. The van der Waals surface area contributed by atoms with Crippen molar-refractivity contribution in [1.82, 2.24) is 0 Å². The van der Waals surface area contributed by atoms with Gasteiger partial charge < -0.3 is 14.7 Å². The van der Waals surface area contributed by atoms with Crippen LogP contribution in [0.4, 0.5) is 5.69 Å². The van der Waals surface area contributed by atoms with Crippen molar-refractivity contribution in [3.05, 3.63) is 71.8 Å². The zero-order chi connectivity index (χ0) is 19.0. The third-order valence-electron chi connectivity index (χ3n) is 4.89. The Morgan fingerprint density at radius 2 is 1.74 bits per heavy atom. The van der Waals surface area contributed by atoms with Gasteiger partial charge in [0.25, 0.3) is 5.91 Å². The summed E-state index contributed by atoms with van der Waals surface area (Å²) in [6.07, 6.45) is -1.38. The molecule has 0 radical (unpaired) electrons. The zero-order valence-corrected chi connectivity index (χ0v) is 14.9. The first kappa shape index (κ1) is 17.1. The second-order valence-corrected chi connectivity index (χ2v) is 6.68. The lowest BCUT2D eigenvalue weighted by atomic mass is 9.99. The topological polar surface area (TPSA) is 66.8 Å². The Hall–Kier alpha value is -3.34. The molecule has 1 heterocycles. The van der Waals surface area contributed by atoms with Gasteiger partial charge in [-0.25, -0.2) is 0 Å². The molecule has 1 aliphatic heterocycles. The van der Waals surface area contributed by atoms with Crippen molar-refractivity contribution in [3.8, 4) is 5.75 Å². The number of amides is 1. The number of hydrogen-bond donors (Lipinski definition) is 1. The van der Waals surface area contributed by atoms with E-state index in [1.165, 1.54) is 5.56 Å². The van der Waals surface area contributed by atoms with Crippen LogP contribution in [0, 0.1) is 6.92 Å². The molecule has 3 aromatic rings. The van der Waals surface area contributed by atoms with E-state index in [2.05, 4.69) is 13.0 Å². The molecule has 0 saturated heterocycles. The highest BCUT2D eigenvalue weighted by Gasteiger charge is 2.35. The second-order valence-electron chi connectivity index (χ2n) is 6.68. The average molecular weight is 361 g/mol. The minimum absolute atomic E-state index is 0.333. The molecule has 0 fully saturated rings. The van der Waals surface area contributed by atoms with Gasteiger partial charge in [0.1, 0.15) is 5.75 Å². The Morgan fingerprint density at radius 3 is 2.52 bits per heavy atom. The van der Waals surface area contributed by atoms with Crippen molar-refractivity contribution < 1.29 is 19.4 Å². The number of carbonyl (C=O) groups excluding carboxylic acids is 1. The van der Waals surface area contributed by atoms with E-state index in [0.717, 1.165) is 16.3 Å². The normalized spacial score (nSPS) is 16.1. The maximum atomic E-state index is 13.0. The number of aliphatic carboxylic acids is 1. The quantitative estimate of drug-likeness (QED) is 0.765. The summed E-state index contributed by atoms with van der Waals surface area (Å²) in [4.78, 5) is 25.7. The lowest BCUT2D eigenvalue weighted by molar-refractivity contribution is -0.142. The summed E-state index contributed by atoms with van der Waals surface area (Å²) in [7, 11) is 0. The number of carboxylic acids is 1. The van der Waals surface area contributed by atoms with Crippen molar-refractivity contribution in [3.63, 3.8) is 0 Å². The fourth-order valence-electron chi connectivity index (χ4n) is 3.55. The molecule has 0 aromatic heterocycles. The fraction of sp³-hybridized carbons (Fsp3) is 0.182. The molecule has 0 unspecified atom stereocenters. The SMILES string of the molecule is Cc1ccc(CN2C(=O)[C@H](CC(=O)O)Oc3ccccc32)c2ccccc12. The van der Waals surface area contributed by atoms with Crippen LogP contribution in [0.2, 0.25) is 0 Å². The number of rotatable bonds is 4. The molecule has 0 bridgehead atoms. The summed E-state index contributed by atoms with van der Waals surface area (Å²) in [6, 6.07) is 19.4. The Balaban J connectivity index is 1.77. The lowest BCUT2D eigenvalue weighted by Crippen LogP contribution is -2.46. The van der Waals surface area contributed by atoms with E-state index < -0.39 is 12.1 Å². The summed E-state index contributed by atoms with van der Waals surface area (Å²) in [5, 5.41) is 11.4. The minimum Gasteiger partial charge on any atom is -0.481 e. The van der Waals surface area contributed by atoms with Gasteiger partial charge >= 0.3 is 5.97 Å². The molecule has 3 aromatic carbocycles. The molecule has 0 spiro atoms. The largest absolute Gasteiger partial charge is 0.481 e. The third-order valence-corrected chi connectivity index (χ3v) is 4.89. The Bertz CT molecular complexity index is 1040. The monoisotopic (exact) mass is 361 g/mol. The first-order valence-electron chi connectivity index (χ1n) is 8.80. The molecule has 0 saturated carbocycles. The van der Waals surface area contributed by atoms with E-state index in [0.29, 0.717) is 18.0 Å². The summed E-state index contributed by atoms with van der Waals surface area (Å²) < 4.78 is 5.66. The number of fused-ring (bicyclic) bond motifs is 2. The van der Waals surface area contributed by atoms with Crippen molar-refractivity contribution in [2.75, 3.05) is 4.90 Å². The molecule has 1 N–H and O–H groups in total. The van der Waals surface area contributed by atoms with Crippen molar-refractivity contribution in [2.24, 2.45) is 0 Å².